The number of amides is 1. The van der Waals surface area contributed by atoms with Crippen molar-refractivity contribution in [2.45, 2.75) is 13.0 Å². The Kier molecular flexibility index (Phi) is 3.92. The first-order chi connectivity index (χ1) is 6.25. The summed E-state index contributed by atoms with van der Waals surface area (Å²) in [7, 11) is 0. The first-order valence-corrected chi connectivity index (χ1v) is 4.55. The molecule has 0 aromatic heterocycles. The van der Waals surface area contributed by atoms with Crippen LogP contribution >= 0.6 is 0 Å². The molecule has 2 N–H and O–H groups in total. The van der Waals surface area contributed by atoms with Crippen LogP contribution in [0.5, 0.6) is 0 Å². The standard InChI is InChI=1S/C9H16N2O2/c1-3-11-9(12)7(2)8-6-10-4-5-13-8/h8,10H,2-6H2,1H3,(H,11,12). The van der Waals surface area contributed by atoms with Gasteiger partial charge in [-0.05, 0) is 6.92 Å². The molecular formula is C9H16N2O2. The van der Waals surface area contributed by atoms with Crippen LogP contribution in [0.4, 0.5) is 0 Å². The molecule has 0 aromatic rings. The largest absolute Gasteiger partial charge is 0.371 e. The van der Waals surface area contributed by atoms with Gasteiger partial charge in [-0.2, -0.15) is 0 Å². The van der Waals surface area contributed by atoms with Gasteiger partial charge in [-0.1, -0.05) is 6.58 Å². The Morgan fingerprint density at radius 3 is 3.08 bits per heavy atom. The topological polar surface area (TPSA) is 50.4 Å². The maximum atomic E-state index is 11.3. The molecule has 0 radical (unpaired) electrons. The van der Waals surface area contributed by atoms with E-state index in [2.05, 4.69) is 17.2 Å². The van der Waals surface area contributed by atoms with E-state index in [0.717, 1.165) is 6.54 Å². The van der Waals surface area contributed by atoms with E-state index in [1.807, 2.05) is 6.92 Å². The monoisotopic (exact) mass is 184 g/mol. The molecule has 1 rings (SSSR count). The van der Waals surface area contributed by atoms with Crippen LogP contribution in [0.15, 0.2) is 12.2 Å². The lowest BCUT2D eigenvalue weighted by Crippen LogP contribution is -2.42. The van der Waals surface area contributed by atoms with Crippen molar-refractivity contribution in [3.05, 3.63) is 12.2 Å². The molecule has 1 amide bonds. The highest BCUT2D eigenvalue weighted by Gasteiger charge is 2.21. The van der Waals surface area contributed by atoms with E-state index in [1.54, 1.807) is 0 Å². The predicted octanol–water partition coefficient (Wildman–Crippen LogP) is -0.333. The Labute approximate surface area is 78.3 Å². The van der Waals surface area contributed by atoms with Gasteiger partial charge in [0.1, 0.15) is 0 Å². The van der Waals surface area contributed by atoms with Crippen molar-refractivity contribution >= 4 is 5.91 Å². The number of carbonyl (C=O) groups excluding carboxylic acids is 1. The average Bonchev–Trinajstić information content (AvgIpc) is 2.18. The van der Waals surface area contributed by atoms with Gasteiger partial charge in [0.15, 0.2) is 0 Å². The van der Waals surface area contributed by atoms with E-state index >= 15 is 0 Å². The number of rotatable bonds is 3. The van der Waals surface area contributed by atoms with E-state index in [-0.39, 0.29) is 12.0 Å². The Hall–Kier alpha value is -0.870. The van der Waals surface area contributed by atoms with Crippen molar-refractivity contribution in [2.75, 3.05) is 26.2 Å². The van der Waals surface area contributed by atoms with Gasteiger partial charge >= 0.3 is 0 Å². The fraction of sp³-hybridized carbons (Fsp3) is 0.667. The molecule has 1 aliphatic rings. The molecule has 0 spiro atoms. The van der Waals surface area contributed by atoms with Crippen LogP contribution in [-0.2, 0) is 9.53 Å². The van der Waals surface area contributed by atoms with Crippen molar-refractivity contribution in [1.29, 1.82) is 0 Å². The van der Waals surface area contributed by atoms with E-state index in [9.17, 15) is 4.79 Å². The van der Waals surface area contributed by atoms with Crippen molar-refractivity contribution < 1.29 is 9.53 Å². The zero-order valence-corrected chi connectivity index (χ0v) is 7.93. The van der Waals surface area contributed by atoms with Crippen LogP contribution in [-0.4, -0.2) is 38.3 Å². The lowest BCUT2D eigenvalue weighted by Gasteiger charge is -2.24. The van der Waals surface area contributed by atoms with Gasteiger partial charge in [0.05, 0.1) is 12.7 Å². The highest BCUT2D eigenvalue weighted by Crippen LogP contribution is 2.06. The van der Waals surface area contributed by atoms with Crippen molar-refractivity contribution in [1.82, 2.24) is 10.6 Å². The molecule has 1 heterocycles. The number of carbonyl (C=O) groups is 1. The molecule has 1 atom stereocenters. The Morgan fingerprint density at radius 2 is 2.54 bits per heavy atom. The number of likely N-dealkylation sites (N-methyl/N-ethyl adjacent to an activating group) is 1. The normalized spacial score (nSPS) is 22.4. The van der Waals surface area contributed by atoms with Crippen LogP contribution < -0.4 is 10.6 Å². The lowest BCUT2D eigenvalue weighted by molar-refractivity contribution is -0.119. The molecule has 0 aliphatic carbocycles. The summed E-state index contributed by atoms with van der Waals surface area (Å²) in [5.41, 5.74) is 0.508. The van der Waals surface area contributed by atoms with Gasteiger partial charge in [-0.25, -0.2) is 0 Å². The predicted molar refractivity (Wildman–Crippen MR) is 50.4 cm³/mol. The maximum absolute atomic E-state index is 11.3. The Bertz CT molecular complexity index is 198. The summed E-state index contributed by atoms with van der Waals surface area (Å²) in [4.78, 5) is 11.3. The van der Waals surface area contributed by atoms with Crippen LogP contribution in [0.2, 0.25) is 0 Å². The van der Waals surface area contributed by atoms with Crippen LogP contribution in [0.3, 0.4) is 0 Å². The summed E-state index contributed by atoms with van der Waals surface area (Å²) in [6.07, 6.45) is -0.166. The summed E-state index contributed by atoms with van der Waals surface area (Å²) in [5.74, 6) is -0.115. The fourth-order valence-electron chi connectivity index (χ4n) is 1.21. The third-order valence-corrected chi connectivity index (χ3v) is 1.95. The van der Waals surface area contributed by atoms with Gasteiger partial charge in [-0.15, -0.1) is 0 Å². The van der Waals surface area contributed by atoms with E-state index in [1.165, 1.54) is 0 Å². The van der Waals surface area contributed by atoms with E-state index in [4.69, 9.17) is 4.74 Å². The molecule has 13 heavy (non-hydrogen) atoms. The number of hydrogen-bond acceptors (Lipinski definition) is 3. The van der Waals surface area contributed by atoms with Crippen molar-refractivity contribution in [3.8, 4) is 0 Å². The molecule has 1 fully saturated rings. The molecule has 0 bridgehead atoms. The van der Waals surface area contributed by atoms with Gasteiger partial charge in [0.2, 0.25) is 5.91 Å². The lowest BCUT2D eigenvalue weighted by atomic mass is 10.1. The third-order valence-electron chi connectivity index (χ3n) is 1.95. The molecular weight excluding hydrogens is 168 g/mol. The van der Waals surface area contributed by atoms with Crippen molar-refractivity contribution in [2.24, 2.45) is 0 Å². The molecule has 1 aliphatic heterocycles. The summed E-state index contributed by atoms with van der Waals surface area (Å²) < 4.78 is 5.38. The number of ether oxygens (including phenoxy) is 1. The summed E-state index contributed by atoms with van der Waals surface area (Å²) >= 11 is 0. The molecule has 4 nitrogen and oxygen atoms in total. The second kappa shape index (κ2) is 4.99. The fourth-order valence-corrected chi connectivity index (χ4v) is 1.21. The van der Waals surface area contributed by atoms with Gasteiger partial charge < -0.3 is 15.4 Å². The smallest absolute Gasteiger partial charge is 0.249 e. The minimum atomic E-state index is -0.166. The summed E-state index contributed by atoms with van der Waals surface area (Å²) in [6, 6.07) is 0. The third kappa shape index (κ3) is 2.82. The van der Waals surface area contributed by atoms with E-state index < -0.39 is 0 Å². The first kappa shape index (κ1) is 10.2. The average molecular weight is 184 g/mol. The van der Waals surface area contributed by atoms with Gasteiger partial charge in [-0.3, -0.25) is 4.79 Å². The number of morpholine rings is 1. The highest BCUT2D eigenvalue weighted by atomic mass is 16.5. The van der Waals surface area contributed by atoms with Crippen LogP contribution in [0, 0.1) is 0 Å². The minimum Gasteiger partial charge on any atom is -0.371 e. The SMILES string of the molecule is C=C(C(=O)NCC)C1CNCCO1. The van der Waals surface area contributed by atoms with Crippen LogP contribution in [0.25, 0.3) is 0 Å². The second-order valence-corrected chi connectivity index (χ2v) is 2.95. The molecule has 74 valence electrons. The molecule has 1 saturated heterocycles. The molecule has 1 unspecified atom stereocenters. The number of nitrogens with one attached hydrogen (secondary N) is 2. The minimum absolute atomic E-state index is 0.115. The quantitative estimate of drug-likeness (QED) is 0.590. The van der Waals surface area contributed by atoms with E-state index in [0.29, 0.717) is 25.3 Å². The zero-order chi connectivity index (χ0) is 9.68. The van der Waals surface area contributed by atoms with Crippen LogP contribution in [0.1, 0.15) is 6.92 Å². The zero-order valence-electron chi connectivity index (χ0n) is 7.93. The van der Waals surface area contributed by atoms with Gasteiger partial charge in [0, 0.05) is 25.2 Å². The molecule has 4 heteroatoms. The van der Waals surface area contributed by atoms with Gasteiger partial charge in [0.25, 0.3) is 0 Å². The second-order valence-electron chi connectivity index (χ2n) is 2.95. The van der Waals surface area contributed by atoms with Crippen molar-refractivity contribution in [3.63, 3.8) is 0 Å². The maximum Gasteiger partial charge on any atom is 0.249 e. The molecule has 0 saturated carbocycles. The summed E-state index contributed by atoms with van der Waals surface area (Å²) in [6.45, 7) is 8.39. The molecule has 0 aromatic carbocycles. The highest BCUT2D eigenvalue weighted by molar-refractivity contribution is 5.93. The summed E-state index contributed by atoms with van der Waals surface area (Å²) in [5, 5.41) is 5.84. The number of hydrogen-bond donors (Lipinski definition) is 2. The Balaban J connectivity index is 2.40. The Morgan fingerprint density at radius 1 is 1.77 bits per heavy atom. The first-order valence-electron chi connectivity index (χ1n) is 4.55.